The normalized spacial score (nSPS) is 35.3. The van der Waals surface area contributed by atoms with Crippen molar-refractivity contribution in [3.05, 3.63) is 0 Å². The van der Waals surface area contributed by atoms with Crippen molar-refractivity contribution >= 4 is 5.97 Å². The van der Waals surface area contributed by atoms with Crippen LogP contribution in [0, 0.1) is 23.2 Å². The second-order valence-electron chi connectivity index (χ2n) is 8.00. The molecule has 0 spiro atoms. The first-order valence-electron chi connectivity index (χ1n) is 8.84. The van der Waals surface area contributed by atoms with Gasteiger partial charge in [0.05, 0.1) is 5.41 Å². The molecule has 3 atom stereocenters. The van der Waals surface area contributed by atoms with Gasteiger partial charge < -0.3 is 5.11 Å². The van der Waals surface area contributed by atoms with E-state index in [4.69, 9.17) is 0 Å². The molecular formula is C18H33NO2. The number of carbonyl (C=O) groups is 1. The monoisotopic (exact) mass is 295 g/mol. The molecule has 0 aromatic heterocycles. The van der Waals surface area contributed by atoms with Crippen LogP contribution in [0.5, 0.6) is 0 Å². The molecule has 21 heavy (non-hydrogen) atoms. The lowest BCUT2D eigenvalue weighted by molar-refractivity contribution is -0.151. The molecule has 2 aliphatic rings. The molecule has 2 fully saturated rings. The largest absolute Gasteiger partial charge is 0.481 e. The van der Waals surface area contributed by atoms with Gasteiger partial charge in [0.2, 0.25) is 0 Å². The van der Waals surface area contributed by atoms with E-state index in [9.17, 15) is 9.90 Å². The van der Waals surface area contributed by atoms with Crippen LogP contribution in [0.1, 0.15) is 66.2 Å². The Balaban J connectivity index is 1.99. The summed E-state index contributed by atoms with van der Waals surface area (Å²) in [7, 11) is 0. The van der Waals surface area contributed by atoms with Gasteiger partial charge in [0.1, 0.15) is 0 Å². The van der Waals surface area contributed by atoms with Crippen molar-refractivity contribution in [3.63, 3.8) is 0 Å². The third kappa shape index (κ3) is 3.44. The Bertz CT molecular complexity index is 366. The highest BCUT2D eigenvalue weighted by Gasteiger charge is 2.48. The third-order valence-corrected chi connectivity index (χ3v) is 6.30. The lowest BCUT2D eigenvalue weighted by Crippen LogP contribution is -2.41. The molecule has 0 radical (unpaired) electrons. The van der Waals surface area contributed by atoms with Gasteiger partial charge in [-0.1, -0.05) is 40.5 Å². The van der Waals surface area contributed by atoms with Gasteiger partial charge >= 0.3 is 5.97 Å². The SMILES string of the molecule is CC(C)C1CCCC(N2CCC(C(=O)O)(C(C)C)C2)CC1. The van der Waals surface area contributed by atoms with Gasteiger partial charge in [-0.25, -0.2) is 0 Å². The molecule has 1 saturated carbocycles. The smallest absolute Gasteiger partial charge is 0.311 e. The summed E-state index contributed by atoms with van der Waals surface area (Å²) in [5, 5.41) is 9.69. The van der Waals surface area contributed by atoms with Crippen molar-refractivity contribution in [2.45, 2.75) is 72.3 Å². The highest BCUT2D eigenvalue weighted by Crippen LogP contribution is 2.41. The lowest BCUT2D eigenvalue weighted by atomic mass is 9.76. The van der Waals surface area contributed by atoms with Gasteiger partial charge in [0, 0.05) is 12.6 Å². The van der Waals surface area contributed by atoms with Crippen molar-refractivity contribution in [1.29, 1.82) is 0 Å². The third-order valence-electron chi connectivity index (χ3n) is 6.30. The number of likely N-dealkylation sites (tertiary alicyclic amines) is 1. The maximum atomic E-state index is 11.8. The van der Waals surface area contributed by atoms with Crippen LogP contribution >= 0.6 is 0 Å². The van der Waals surface area contributed by atoms with Crippen LogP contribution in [-0.2, 0) is 4.79 Å². The minimum Gasteiger partial charge on any atom is -0.481 e. The summed E-state index contributed by atoms with van der Waals surface area (Å²) in [6.45, 7) is 10.6. The molecule has 2 rings (SSSR count). The molecule has 1 aliphatic carbocycles. The topological polar surface area (TPSA) is 40.5 Å². The summed E-state index contributed by atoms with van der Waals surface area (Å²) in [5.41, 5.74) is -0.510. The van der Waals surface area contributed by atoms with Crippen LogP contribution in [0.3, 0.4) is 0 Å². The molecule has 1 N–H and O–H groups in total. The highest BCUT2D eigenvalue weighted by atomic mass is 16.4. The van der Waals surface area contributed by atoms with E-state index in [-0.39, 0.29) is 5.92 Å². The zero-order chi connectivity index (χ0) is 15.6. The van der Waals surface area contributed by atoms with Gasteiger partial charge in [-0.3, -0.25) is 9.69 Å². The molecule has 3 unspecified atom stereocenters. The average molecular weight is 295 g/mol. The second-order valence-corrected chi connectivity index (χ2v) is 8.00. The molecule has 0 amide bonds. The average Bonchev–Trinajstić information content (AvgIpc) is 2.72. The quantitative estimate of drug-likeness (QED) is 0.796. The number of hydrogen-bond acceptors (Lipinski definition) is 2. The number of rotatable bonds is 4. The minimum absolute atomic E-state index is 0.217. The van der Waals surface area contributed by atoms with Crippen molar-refractivity contribution in [1.82, 2.24) is 4.90 Å². The van der Waals surface area contributed by atoms with Gasteiger partial charge in [-0.05, 0) is 50.0 Å². The molecule has 0 bridgehead atoms. The fraction of sp³-hybridized carbons (Fsp3) is 0.944. The molecule has 3 nitrogen and oxygen atoms in total. The number of carboxylic acids is 1. The van der Waals surface area contributed by atoms with E-state index in [1.165, 1.54) is 32.1 Å². The summed E-state index contributed by atoms with van der Waals surface area (Å²) < 4.78 is 0. The van der Waals surface area contributed by atoms with Gasteiger partial charge in [-0.15, -0.1) is 0 Å². The number of nitrogens with zero attached hydrogens (tertiary/aromatic N) is 1. The van der Waals surface area contributed by atoms with Crippen molar-refractivity contribution < 1.29 is 9.90 Å². The summed E-state index contributed by atoms with van der Waals surface area (Å²) in [4.78, 5) is 14.3. The van der Waals surface area contributed by atoms with Gasteiger partial charge in [0.25, 0.3) is 0 Å². The van der Waals surface area contributed by atoms with Gasteiger partial charge in [0.15, 0.2) is 0 Å². The molecule has 1 aliphatic heterocycles. The van der Waals surface area contributed by atoms with Crippen LogP contribution < -0.4 is 0 Å². The van der Waals surface area contributed by atoms with Crippen molar-refractivity contribution in [2.24, 2.45) is 23.2 Å². The van der Waals surface area contributed by atoms with E-state index in [0.717, 1.165) is 31.3 Å². The van der Waals surface area contributed by atoms with E-state index in [1.807, 2.05) is 0 Å². The zero-order valence-corrected chi connectivity index (χ0v) is 14.3. The first kappa shape index (κ1) is 16.8. The molecular weight excluding hydrogens is 262 g/mol. The molecule has 0 aromatic rings. The van der Waals surface area contributed by atoms with Crippen LogP contribution in [0.4, 0.5) is 0 Å². The predicted octanol–water partition coefficient (Wildman–Crippen LogP) is 4.02. The Kier molecular flexibility index (Phi) is 5.34. The zero-order valence-electron chi connectivity index (χ0n) is 14.3. The molecule has 0 aromatic carbocycles. The fourth-order valence-corrected chi connectivity index (χ4v) is 4.41. The summed E-state index contributed by atoms with van der Waals surface area (Å²) in [5.74, 6) is 1.28. The maximum absolute atomic E-state index is 11.8. The summed E-state index contributed by atoms with van der Waals surface area (Å²) >= 11 is 0. The lowest BCUT2D eigenvalue weighted by Gasteiger charge is -2.32. The summed E-state index contributed by atoms with van der Waals surface area (Å²) in [6.07, 6.45) is 7.33. The van der Waals surface area contributed by atoms with E-state index >= 15 is 0 Å². The van der Waals surface area contributed by atoms with Gasteiger partial charge in [-0.2, -0.15) is 0 Å². The minimum atomic E-state index is -0.589. The van der Waals surface area contributed by atoms with Crippen LogP contribution in [0.2, 0.25) is 0 Å². The van der Waals surface area contributed by atoms with Crippen LogP contribution in [0.15, 0.2) is 0 Å². The Morgan fingerprint density at radius 1 is 1.14 bits per heavy atom. The Hall–Kier alpha value is -0.570. The van der Waals surface area contributed by atoms with E-state index in [2.05, 4.69) is 32.6 Å². The Morgan fingerprint density at radius 2 is 1.86 bits per heavy atom. The van der Waals surface area contributed by atoms with Crippen LogP contribution in [0.25, 0.3) is 0 Å². The van der Waals surface area contributed by atoms with E-state index in [0.29, 0.717) is 6.04 Å². The molecule has 122 valence electrons. The fourth-order valence-electron chi connectivity index (χ4n) is 4.41. The van der Waals surface area contributed by atoms with Crippen molar-refractivity contribution in [2.75, 3.05) is 13.1 Å². The predicted molar refractivity (Wildman–Crippen MR) is 86.3 cm³/mol. The Morgan fingerprint density at radius 3 is 2.38 bits per heavy atom. The second kappa shape index (κ2) is 6.68. The molecule has 1 saturated heterocycles. The van der Waals surface area contributed by atoms with E-state index in [1.54, 1.807) is 0 Å². The molecule has 3 heteroatoms. The maximum Gasteiger partial charge on any atom is 0.311 e. The van der Waals surface area contributed by atoms with E-state index < -0.39 is 11.4 Å². The standard InChI is InChI=1S/C18H33NO2/c1-13(2)15-6-5-7-16(9-8-15)19-11-10-18(12-19,14(3)4)17(20)21/h13-16H,5-12H2,1-4H3,(H,20,21). The van der Waals surface area contributed by atoms with Crippen molar-refractivity contribution in [3.8, 4) is 0 Å². The van der Waals surface area contributed by atoms with Crippen LogP contribution in [-0.4, -0.2) is 35.1 Å². The molecule has 1 heterocycles. The first-order chi connectivity index (χ1) is 9.86. The number of aliphatic carboxylic acids is 1. The summed E-state index contributed by atoms with van der Waals surface area (Å²) in [6, 6.07) is 0.619. The Labute approximate surface area is 130 Å². The first-order valence-corrected chi connectivity index (χ1v) is 8.84. The number of hydrogen-bond donors (Lipinski definition) is 1. The number of carboxylic acid groups (broad SMARTS) is 1. The highest BCUT2D eigenvalue weighted by molar-refractivity contribution is 5.75.